The molecule has 0 saturated carbocycles. The topological polar surface area (TPSA) is 47.8 Å². The minimum Gasteiger partial charge on any atom is -0.294 e. The van der Waals surface area contributed by atoms with Crippen LogP contribution in [0.1, 0.15) is 5.56 Å². The van der Waals surface area contributed by atoms with E-state index in [1.165, 1.54) is 12.3 Å². The summed E-state index contributed by atoms with van der Waals surface area (Å²) in [7, 11) is 0. The quantitative estimate of drug-likeness (QED) is 0.539. The van der Waals surface area contributed by atoms with Gasteiger partial charge in [0.05, 0.1) is 23.8 Å². The molecule has 25 heavy (non-hydrogen) atoms. The van der Waals surface area contributed by atoms with Crippen molar-refractivity contribution in [3.05, 3.63) is 95.1 Å². The highest BCUT2D eigenvalue weighted by Crippen LogP contribution is 2.21. The Balaban J connectivity index is 1.79. The molecule has 4 rings (SSSR count). The van der Waals surface area contributed by atoms with E-state index in [4.69, 9.17) is 0 Å². The summed E-state index contributed by atoms with van der Waals surface area (Å²) in [6, 6.07) is 18.1. The zero-order valence-corrected chi connectivity index (χ0v) is 13.3. The van der Waals surface area contributed by atoms with Crippen molar-refractivity contribution in [2.45, 2.75) is 6.54 Å². The molecule has 0 atom stereocenters. The van der Waals surface area contributed by atoms with Crippen molar-refractivity contribution in [3.63, 3.8) is 0 Å². The van der Waals surface area contributed by atoms with Gasteiger partial charge in [-0.3, -0.25) is 9.36 Å². The van der Waals surface area contributed by atoms with Crippen molar-refractivity contribution in [2.24, 2.45) is 0 Å². The molecule has 0 unspecified atom stereocenters. The van der Waals surface area contributed by atoms with Crippen LogP contribution in [-0.2, 0) is 6.54 Å². The van der Waals surface area contributed by atoms with E-state index in [1.807, 2.05) is 36.4 Å². The van der Waals surface area contributed by atoms with E-state index in [-0.39, 0.29) is 5.56 Å². The van der Waals surface area contributed by atoms with Gasteiger partial charge >= 0.3 is 0 Å². The molecule has 122 valence electrons. The predicted molar refractivity (Wildman–Crippen MR) is 94.7 cm³/mol. The maximum Gasteiger partial charge on any atom is 0.261 e. The zero-order chi connectivity index (χ0) is 17.2. The van der Waals surface area contributed by atoms with E-state index in [9.17, 15) is 9.18 Å². The molecule has 0 aliphatic carbocycles. The molecule has 2 heterocycles. The highest BCUT2D eigenvalue weighted by atomic mass is 19.1. The summed E-state index contributed by atoms with van der Waals surface area (Å²) < 4.78 is 14.6. The highest BCUT2D eigenvalue weighted by molar-refractivity contribution is 5.83. The maximum atomic E-state index is 13.0. The molecular weight excluding hydrogens is 317 g/mol. The number of hydrogen-bond acceptors (Lipinski definition) is 3. The Hall–Kier alpha value is -3.34. The van der Waals surface area contributed by atoms with Crippen LogP contribution in [0, 0.1) is 5.95 Å². The van der Waals surface area contributed by atoms with E-state index in [0.29, 0.717) is 17.4 Å². The van der Waals surface area contributed by atoms with Gasteiger partial charge in [-0.1, -0.05) is 36.4 Å². The molecule has 0 spiro atoms. The molecule has 5 heteroatoms. The fourth-order valence-corrected chi connectivity index (χ4v) is 2.78. The molecule has 0 fully saturated rings. The average Bonchev–Trinajstić information content (AvgIpc) is 2.65. The molecule has 2 aromatic heterocycles. The van der Waals surface area contributed by atoms with Crippen LogP contribution in [0.3, 0.4) is 0 Å². The van der Waals surface area contributed by atoms with Crippen molar-refractivity contribution in [2.75, 3.05) is 0 Å². The van der Waals surface area contributed by atoms with Crippen molar-refractivity contribution < 1.29 is 4.39 Å². The van der Waals surface area contributed by atoms with Crippen LogP contribution in [0.25, 0.3) is 22.0 Å². The molecule has 0 amide bonds. The fourth-order valence-electron chi connectivity index (χ4n) is 2.78. The lowest BCUT2D eigenvalue weighted by Gasteiger charge is -2.08. The largest absolute Gasteiger partial charge is 0.294 e. The number of fused-ring (bicyclic) bond motifs is 1. The Morgan fingerprint density at radius 3 is 2.48 bits per heavy atom. The number of pyridine rings is 1. The molecule has 0 radical (unpaired) electrons. The lowest BCUT2D eigenvalue weighted by atomic mass is 10.1. The Bertz CT molecular complexity index is 1090. The molecule has 0 aliphatic rings. The van der Waals surface area contributed by atoms with Gasteiger partial charge in [0.1, 0.15) is 0 Å². The molecule has 0 saturated heterocycles. The Morgan fingerprint density at radius 2 is 1.72 bits per heavy atom. The van der Waals surface area contributed by atoms with Crippen molar-refractivity contribution in [1.82, 2.24) is 14.5 Å². The number of halogens is 1. The third-order valence-corrected chi connectivity index (χ3v) is 4.08. The molecule has 0 bridgehead atoms. The highest BCUT2D eigenvalue weighted by Gasteiger charge is 2.07. The van der Waals surface area contributed by atoms with Crippen LogP contribution in [0.4, 0.5) is 4.39 Å². The average molecular weight is 331 g/mol. The SMILES string of the molecule is O=c1c2cc(-c3ccc(F)nc3)ccc2ncn1Cc1ccccc1. The Morgan fingerprint density at radius 1 is 0.920 bits per heavy atom. The summed E-state index contributed by atoms with van der Waals surface area (Å²) in [5.41, 5.74) is 3.11. The summed E-state index contributed by atoms with van der Waals surface area (Å²) in [5.74, 6) is -0.531. The first-order valence-electron chi connectivity index (χ1n) is 7.86. The number of benzene rings is 2. The normalized spacial score (nSPS) is 10.9. The second kappa shape index (κ2) is 6.28. The van der Waals surface area contributed by atoms with Crippen LogP contribution in [0.2, 0.25) is 0 Å². The molecule has 0 aliphatic heterocycles. The van der Waals surface area contributed by atoms with E-state index >= 15 is 0 Å². The fraction of sp³-hybridized carbons (Fsp3) is 0.0500. The van der Waals surface area contributed by atoms with Crippen LogP contribution in [-0.4, -0.2) is 14.5 Å². The standard InChI is InChI=1S/C20H14FN3O/c21-19-9-7-16(11-22-19)15-6-8-18-17(10-15)20(25)24(13-23-18)12-14-4-2-1-3-5-14/h1-11,13H,12H2. The monoisotopic (exact) mass is 331 g/mol. The van der Waals surface area contributed by atoms with Crippen LogP contribution in [0.15, 0.2) is 78.0 Å². The Labute approximate surface area is 143 Å². The van der Waals surface area contributed by atoms with Crippen LogP contribution in [0.5, 0.6) is 0 Å². The van der Waals surface area contributed by atoms with Gasteiger partial charge < -0.3 is 0 Å². The number of hydrogen-bond donors (Lipinski definition) is 0. The first-order valence-corrected chi connectivity index (χ1v) is 7.86. The van der Waals surface area contributed by atoms with Crippen molar-refractivity contribution in [3.8, 4) is 11.1 Å². The zero-order valence-electron chi connectivity index (χ0n) is 13.3. The van der Waals surface area contributed by atoms with Crippen molar-refractivity contribution in [1.29, 1.82) is 0 Å². The summed E-state index contributed by atoms with van der Waals surface area (Å²) in [4.78, 5) is 20.9. The number of rotatable bonds is 3. The molecular formula is C20H14FN3O. The lowest BCUT2D eigenvalue weighted by molar-refractivity contribution is 0.584. The van der Waals surface area contributed by atoms with Gasteiger partial charge in [0.15, 0.2) is 0 Å². The first kappa shape index (κ1) is 15.2. The smallest absolute Gasteiger partial charge is 0.261 e. The van der Waals surface area contributed by atoms with Gasteiger partial charge in [-0.25, -0.2) is 9.97 Å². The predicted octanol–water partition coefficient (Wildman–Crippen LogP) is 3.65. The third kappa shape index (κ3) is 3.04. The van der Waals surface area contributed by atoms with Gasteiger partial charge in [-0.2, -0.15) is 4.39 Å². The molecule has 4 aromatic rings. The van der Waals surface area contributed by atoms with E-state index in [1.54, 1.807) is 29.1 Å². The molecule has 2 aromatic carbocycles. The van der Waals surface area contributed by atoms with Crippen LogP contribution >= 0.6 is 0 Å². The second-order valence-corrected chi connectivity index (χ2v) is 5.76. The van der Waals surface area contributed by atoms with Crippen LogP contribution < -0.4 is 5.56 Å². The molecule has 0 N–H and O–H groups in total. The summed E-state index contributed by atoms with van der Waals surface area (Å²) in [6.07, 6.45) is 3.02. The second-order valence-electron chi connectivity index (χ2n) is 5.76. The Kier molecular flexibility index (Phi) is 3.82. The summed E-state index contributed by atoms with van der Waals surface area (Å²) >= 11 is 0. The first-order chi connectivity index (χ1) is 12.2. The number of aromatic nitrogens is 3. The lowest BCUT2D eigenvalue weighted by Crippen LogP contribution is -2.21. The van der Waals surface area contributed by atoms with Crippen molar-refractivity contribution >= 4 is 10.9 Å². The van der Waals surface area contributed by atoms with Gasteiger partial charge in [-0.05, 0) is 35.4 Å². The number of nitrogens with zero attached hydrogens (tertiary/aromatic N) is 3. The van der Waals surface area contributed by atoms with Gasteiger partial charge in [0.2, 0.25) is 5.95 Å². The molecule has 4 nitrogen and oxygen atoms in total. The van der Waals surface area contributed by atoms with Gasteiger partial charge in [0, 0.05) is 11.8 Å². The minimum atomic E-state index is -0.531. The maximum absolute atomic E-state index is 13.0. The van der Waals surface area contributed by atoms with E-state index < -0.39 is 5.95 Å². The van der Waals surface area contributed by atoms with Gasteiger partial charge in [0.25, 0.3) is 5.56 Å². The van der Waals surface area contributed by atoms with Gasteiger partial charge in [-0.15, -0.1) is 0 Å². The van der Waals surface area contributed by atoms with E-state index in [0.717, 1.165) is 16.7 Å². The summed E-state index contributed by atoms with van der Waals surface area (Å²) in [6.45, 7) is 0.463. The third-order valence-electron chi connectivity index (χ3n) is 4.08. The van der Waals surface area contributed by atoms with E-state index in [2.05, 4.69) is 9.97 Å². The minimum absolute atomic E-state index is 0.106. The summed E-state index contributed by atoms with van der Waals surface area (Å²) in [5, 5.41) is 0.528.